The Morgan fingerprint density at radius 3 is 2.72 bits per heavy atom. The second-order valence-electron chi connectivity index (χ2n) is 7.24. The molecule has 9 heteroatoms. The molecule has 0 unspecified atom stereocenters. The maximum absolute atomic E-state index is 11.4. The zero-order chi connectivity index (χ0) is 23.1. The van der Waals surface area contributed by atoms with Gasteiger partial charge in [-0.2, -0.15) is 4.98 Å². The highest BCUT2D eigenvalue weighted by molar-refractivity contribution is 6.33. The first-order chi connectivity index (χ1) is 15.4. The lowest BCUT2D eigenvalue weighted by Crippen LogP contribution is -2.07. The lowest BCUT2D eigenvalue weighted by molar-refractivity contribution is -0.143. The second kappa shape index (κ2) is 10.9. The maximum atomic E-state index is 11.4. The van der Waals surface area contributed by atoms with E-state index in [1.807, 2.05) is 13.8 Å². The number of anilines is 1. The molecule has 3 rings (SSSR count). The minimum absolute atomic E-state index is 0.0183. The first-order valence-corrected chi connectivity index (χ1v) is 10.7. The highest BCUT2D eigenvalue weighted by Crippen LogP contribution is 2.33. The Morgan fingerprint density at radius 2 is 2.03 bits per heavy atom. The molecular weight excluding hydrogens is 434 g/mol. The summed E-state index contributed by atoms with van der Waals surface area (Å²) in [5, 5.41) is 4.45. The fraction of sp³-hybridized carbons (Fsp3) is 0.348. The molecule has 0 amide bonds. The number of nitrogen functional groups attached to an aromatic ring is 1. The summed E-state index contributed by atoms with van der Waals surface area (Å²) in [6.45, 7) is 6.39. The number of halogens is 1. The van der Waals surface area contributed by atoms with Crippen molar-refractivity contribution in [3.63, 3.8) is 0 Å². The van der Waals surface area contributed by atoms with Gasteiger partial charge in [-0.05, 0) is 63.6 Å². The molecular formula is C23H26ClN3O5. The topological polar surface area (TPSA) is 110 Å². The number of rotatable bonds is 10. The smallest absolute Gasteiger partial charge is 0.305 e. The molecule has 170 valence electrons. The molecule has 0 aliphatic rings. The zero-order valence-electron chi connectivity index (χ0n) is 18.3. The van der Waals surface area contributed by atoms with Gasteiger partial charge in [-0.15, -0.1) is 0 Å². The number of carbonyl (C=O) groups excluding carboxylic acids is 1. The molecule has 3 aromatic rings. The van der Waals surface area contributed by atoms with E-state index in [4.69, 9.17) is 36.1 Å². The van der Waals surface area contributed by atoms with Gasteiger partial charge >= 0.3 is 5.97 Å². The number of aromatic nitrogens is 2. The molecule has 0 radical (unpaired) electrons. The average Bonchev–Trinajstić information content (AvgIpc) is 3.22. The zero-order valence-corrected chi connectivity index (χ0v) is 19.0. The SMILES string of the molecule is CCOC(=O)CCCOc1ccc(-c2noc(-c3ccc(OC(C)C)c(N)c3)n2)c(Cl)c1. The molecule has 0 spiro atoms. The van der Waals surface area contributed by atoms with Crippen LogP contribution in [0.25, 0.3) is 22.8 Å². The largest absolute Gasteiger partial charge is 0.494 e. The van der Waals surface area contributed by atoms with E-state index in [-0.39, 0.29) is 12.1 Å². The van der Waals surface area contributed by atoms with E-state index < -0.39 is 0 Å². The van der Waals surface area contributed by atoms with Crippen LogP contribution in [0, 0.1) is 0 Å². The predicted molar refractivity (Wildman–Crippen MR) is 122 cm³/mol. The molecule has 0 aliphatic carbocycles. The summed E-state index contributed by atoms with van der Waals surface area (Å²) in [5.41, 5.74) is 7.84. The molecule has 0 saturated carbocycles. The summed E-state index contributed by atoms with van der Waals surface area (Å²) < 4.78 is 21.6. The van der Waals surface area contributed by atoms with Gasteiger partial charge in [0.1, 0.15) is 11.5 Å². The van der Waals surface area contributed by atoms with E-state index >= 15 is 0 Å². The molecule has 0 saturated heterocycles. The van der Waals surface area contributed by atoms with E-state index in [2.05, 4.69) is 10.1 Å². The quantitative estimate of drug-likeness (QED) is 0.252. The lowest BCUT2D eigenvalue weighted by atomic mass is 10.1. The van der Waals surface area contributed by atoms with Gasteiger partial charge in [-0.3, -0.25) is 4.79 Å². The summed E-state index contributed by atoms with van der Waals surface area (Å²) in [5.74, 6) is 1.61. The molecule has 8 nitrogen and oxygen atoms in total. The highest BCUT2D eigenvalue weighted by Gasteiger charge is 2.15. The number of hydrogen-bond acceptors (Lipinski definition) is 8. The monoisotopic (exact) mass is 459 g/mol. The number of esters is 1. The Kier molecular flexibility index (Phi) is 7.94. The van der Waals surface area contributed by atoms with Gasteiger partial charge in [0, 0.05) is 17.5 Å². The Balaban J connectivity index is 1.66. The van der Waals surface area contributed by atoms with Crippen molar-refractivity contribution in [2.24, 2.45) is 0 Å². The Bertz CT molecular complexity index is 1070. The van der Waals surface area contributed by atoms with Crippen LogP contribution in [0.5, 0.6) is 11.5 Å². The third-order valence-electron chi connectivity index (χ3n) is 4.33. The van der Waals surface area contributed by atoms with Crippen molar-refractivity contribution < 1.29 is 23.5 Å². The summed E-state index contributed by atoms with van der Waals surface area (Å²) in [6, 6.07) is 10.5. The number of ether oxygens (including phenoxy) is 3. The summed E-state index contributed by atoms with van der Waals surface area (Å²) in [4.78, 5) is 15.8. The number of benzene rings is 2. The third kappa shape index (κ3) is 6.13. The molecule has 2 N–H and O–H groups in total. The van der Waals surface area contributed by atoms with Crippen molar-refractivity contribution in [1.29, 1.82) is 0 Å². The van der Waals surface area contributed by atoms with Crippen LogP contribution in [0.15, 0.2) is 40.9 Å². The normalized spacial score (nSPS) is 10.9. The van der Waals surface area contributed by atoms with Gasteiger partial charge in [0.15, 0.2) is 0 Å². The van der Waals surface area contributed by atoms with Gasteiger partial charge in [0.05, 0.1) is 30.0 Å². The van der Waals surface area contributed by atoms with Crippen LogP contribution in [0.1, 0.15) is 33.6 Å². The molecule has 1 aromatic heterocycles. The van der Waals surface area contributed by atoms with E-state index in [1.54, 1.807) is 43.3 Å². The van der Waals surface area contributed by atoms with Crippen molar-refractivity contribution in [3.05, 3.63) is 41.4 Å². The van der Waals surface area contributed by atoms with Gasteiger partial charge in [0.25, 0.3) is 5.89 Å². The van der Waals surface area contributed by atoms with Crippen LogP contribution in [-0.2, 0) is 9.53 Å². The number of nitrogens with two attached hydrogens (primary N) is 1. The van der Waals surface area contributed by atoms with Crippen LogP contribution in [0.3, 0.4) is 0 Å². The molecule has 2 aromatic carbocycles. The summed E-state index contributed by atoms with van der Waals surface area (Å²) >= 11 is 6.41. The Hall–Kier alpha value is -3.26. The Labute approximate surface area is 191 Å². The molecule has 32 heavy (non-hydrogen) atoms. The van der Waals surface area contributed by atoms with Crippen molar-refractivity contribution in [3.8, 4) is 34.3 Å². The van der Waals surface area contributed by atoms with Crippen LogP contribution in [0.2, 0.25) is 5.02 Å². The van der Waals surface area contributed by atoms with E-state index in [1.165, 1.54) is 0 Å². The molecule has 1 heterocycles. The van der Waals surface area contributed by atoms with Crippen LogP contribution >= 0.6 is 11.6 Å². The third-order valence-corrected chi connectivity index (χ3v) is 4.64. The van der Waals surface area contributed by atoms with Crippen LogP contribution in [-0.4, -0.2) is 35.4 Å². The Morgan fingerprint density at radius 1 is 1.22 bits per heavy atom. The first kappa shape index (κ1) is 23.4. The molecule has 0 fully saturated rings. The van der Waals surface area contributed by atoms with Gasteiger partial charge in [0.2, 0.25) is 5.82 Å². The number of carbonyl (C=O) groups is 1. The van der Waals surface area contributed by atoms with Crippen molar-refractivity contribution >= 4 is 23.3 Å². The van der Waals surface area contributed by atoms with E-state index in [9.17, 15) is 4.79 Å². The predicted octanol–water partition coefficient (Wildman–Crippen LogP) is 5.15. The fourth-order valence-corrected chi connectivity index (χ4v) is 3.15. The van der Waals surface area contributed by atoms with Gasteiger partial charge < -0.3 is 24.5 Å². The van der Waals surface area contributed by atoms with Crippen LogP contribution < -0.4 is 15.2 Å². The summed E-state index contributed by atoms with van der Waals surface area (Å²) in [6.07, 6.45) is 0.876. The minimum atomic E-state index is -0.235. The van der Waals surface area contributed by atoms with E-state index in [0.717, 1.165) is 0 Å². The minimum Gasteiger partial charge on any atom is -0.494 e. The first-order valence-electron chi connectivity index (χ1n) is 10.4. The number of nitrogens with zero attached hydrogens (tertiary/aromatic N) is 2. The molecule has 0 atom stereocenters. The summed E-state index contributed by atoms with van der Waals surface area (Å²) in [7, 11) is 0. The van der Waals surface area contributed by atoms with Crippen molar-refractivity contribution in [2.45, 2.75) is 39.7 Å². The molecule has 0 bridgehead atoms. The second-order valence-corrected chi connectivity index (χ2v) is 7.65. The van der Waals surface area contributed by atoms with E-state index in [0.29, 0.717) is 71.1 Å². The van der Waals surface area contributed by atoms with Crippen molar-refractivity contribution in [2.75, 3.05) is 18.9 Å². The lowest BCUT2D eigenvalue weighted by Gasteiger charge is -2.12. The van der Waals surface area contributed by atoms with Crippen LogP contribution in [0.4, 0.5) is 5.69 Å². The maximum Gasteiger partial charge on any atom is 0.305 e. The van der Waals surface area contributed by atoms with Gasteiger partial charge in [-0.1, -0.05) is 16.8 Å². The van der Waals surface area contributed by atoms with Crippen molar-refractivity contribution in [1.82, 2.24) is 10.1 Å². The average molecular weight is 460 g/mol. The number of hydrogen-bond donors (Lipinski definition) is 1. The highest BCUT2D eigenvalue weighted by atomic mass is 35.5. The molecule has 0 aliphatic heterocycles. The fourth-order valence-electron chi connectivity index (χ4n) is 2.90. The standard InChI is InChI=1S/C23H26ClN3O5/c1-4-29-21(28)6-5-11-30-16-8-9-17(18(24)13-16)22-26-23(32-27-22)15-7-10-20(19(25)12-15)31-14(2)3/h7-10,12-14H,4-6,11,25H2,1-3H3. The van der Waals surface area contributed by atoms with Gasteiger partial charge in [-0.25, -0.2) is 0 Å².